The zero-order chi connectivity index (χ0) is 9.68. The number of carbonyl (C=O) groups is 1. The molecule has 0 saturated carbocycles. The Hall–Kier alpha value is -1.31. The second kappa shape index (κ2) is 4.65. The summed E-state index contributed by atoms with van der Waals surface area (Å²) in [7, 11) is 0. The van der Waals surface area contributed by atoms with Gasteiger partial charge in [-0.1, -0.05) is 5.92 Å². The van der Waals surface area contributed by atoms with Gasteiger partial charge in [-0.15, -0.1) is 17.8 Å². The van der Waals surface area contributed by atoms with E-state index in [1.165, 1.54) is 11.3 Å². The molecule has 0 radical (unpaired) electrons. The van der Waals surface area contributed by atoms with E-state index >= 15 is 0 Å². The van der Waals surface area contributed by atoms with Crippen molar-refractivity contribution in [2.24, 2.45) is 0 Å². The predicted octanol–water partition coefficient (Wildman–Crippen LogP) is 1.35. The maximum atomic E-state index is 11.2. The fraction of sp³-hybridized carbons (Fsp3) is 0.222. The zero-order valence-electron chi connectivity index (χ0n) is 7.16. The molecule has 0 aliphatic rings. The molecule has 0 spiro atoms. The van der Waals surface area contributed by atoms with Gasteiger partial charge in [0.2, 0.25) is 0 Å². The van der Waals surface area contributed by atoms with Crippen molar-refractivity contribution in [2.45, 2.75) is 6.92 Å². The molecule has 0 aliphatic heterocycles. The van der Waals surface area contributed by atoms with Gasteiger partial charge < -0.3 is 0 Å². The van der Waals surface area contributed by atoms with Crippen molar-refractivity contribution in [3.05, 3.63) is 21.9 Å². The molecule has 0 bridgehead atoms. The van der Waals surface area contributed by atoms with E-state index in [4.69, 9.17) is 6.42 Å². The fourth-order valence-corrected chi connectivity index (χ4v) is 1.50. The number of aryl methyl sites for hydroxylation is 1. The quantitative estimate of drug-likeness (QED) is 0.449. The molecule has 1 heterocycles. The first kappa shape index (κ1) is 9.78. The number of hydrogen-bond donors (Lipinski definition) is 1. The third-order valence-corrected chi connectivity index (χ3v) is 2.28. The van der Waals surface area contributed by atoms with Crippen molar-refractivity contribution >= 4 is 17.2 Å². The van der Waals surface area contributed by atoms with E-state index in [2.05, 4.69) is 16.2 Å². The van der Waals surface area contributed by atoms with E-state index in [1.807, 2.05) is 13.0 Å². The number of nitrogens with one attached hydrogen (secondary N) is 1. The highest BCUT2D eigenvalue weighted by Crippen LogP contribution is 2.14. The van der Waals surface area contributed by atoms with Crippen LogP contribution < -0.4 is 5.48 Å². The van der Waals surface area contributed by atoms with E-state index < -0.39 is 0 Å². The summed E-state index contributed by atoms with van der Waals surface area (Å²) in [6, 6.07) is 3.62. The summed E-state index contributed by atoms with van der Waals surface area (Å²) >= 11 is 1.41. The summed E-state index contributed by atoms with van der Waals surface area (Å²) in [4.78, 5) is 17.6. The van der Waals surface area contributed by atoms with Crippen molar-refractivity contribution in [3.63, 3.8) is 0 Å². The van der Waals surface area contributed by atoms with Crippen LogP contribution in [0.5, 0.6) is 0 Å². The number of amides is 1. The molecule has 0 unspecified atom stereocenters. The zero-order valence-corrected chi connectivity index (χ0v) is 7.98. The Morgan fingerprint density at radius 2 is 2.54 bits per heavy atom. The molecule has 0 saturated heterocycles. The normalized spacial score (nSPS) is 9.23. The summed E-state index contributed by atoms with van der Waals surface area (Å²) in [6.45, 7) is 2.01. The Morgan fingerprint density at radius 1 is 1.77 bits per heavy atom. The minimum atomic E-state index is -0.256. The van der Waals surface area contributed by atoms with E-state index in [9.17, 15) is 4.79 Å². The van der Waals surface area contributed by atoms with Crippen LogP contribution in [0.25, 0.3) is 0 Å². The molecule has 1 amide bonds. The Bertz CT molecular complexity index is 338. The number of rotatable bonds is 3. The first-order chi connectivity index (χ1) is 6.24. The van der Waals surface area contributed by atoms with Crippen molar-refractivity contribution in [2.75, 3.05) is 6.61 Å². The lowest BCUT2D eigenvalue weighted by atomic mass is 10.4. The standard InChI is InChI=1S/C9H9NO2S/c1-3-6-12-10-9(11)8-5-4-7(2)13-8/h1,4-5H,6H2,2H3,(H,10,11). The third-order valence-electron chi connectivity index (χ3n) is 1.28. The minimum absolute atomic E-state index is 0.0795. The number of thiophene rings is 1. The average Bonchev–Trinajstić information content (AvgIpc) is 2.52. The van der Waals surface area contributed by atoms with Gasteiger partial charge >= 0.3 is 0 Å². The molecule has 0 aliphatic carbocycles. The number of terminal acetylenes is 1. The van der Waals surface area contributed by atoms with Crippen molar-refractivity contribution in [1.29, 1.82) is 0 Å². The van der Waals surface area contributed by atoms with Gasteiger partial charge in [0.1, 0.15) is 6.61 Å². The van der Waals surface area contributed by atoms with Crippen molar-refractivity contribution in [1.82, 2.24) is 5.48 Å². The number of hydrogen-bond acceptors (Lipinski definition) is 3. The maximum absolute atomic E-state index is 11.2. The Balaban J connectivity index is 2.45. The monoisotopic (exact) mass is 195 g/mol. The van der Waals surface area contributed by atoms with Gasteiger partial charge in [0.15, 0.2) is 0 Å². The predicted molar refractivity (Wildman–Crippen MR) is 51.3 cm³/mol. The molecule has 0 fully saturated rings. The molecule has 68 valence electrons. The molecule has 1 N–H and O–H groups in total. The lowest BCUT2D eigenvalue weighted by molar-refractivity contribution is 0.0442. The van der Waals surface area contributed by atoms with Crippen LogP contribution in [-0.2, 0) is 4.84 Å². The summed E-state index contributed by atoms with van der Waals surface area (Å²) in [5, 5.41) is 0. The summed E-state index contributed by atoms with van der Waals surface area (Å²) in [5.74, 6) is 1.99. The maximum Gasteiger partial charge on any atom is 0.284 e. The van der Waals surface area contributed by atoms with Crippen LogP contribution in [0.2, 0.25) is 0 Å². The molecule has 0 aromatic carbocycles. The highest BCUT2D eigenvalue weighted by Gasteiger charge is 2.06. The van der Waals surface area contributed by atoms with Crippen LogP contribution in [0.15, 0.2) is 12.1 Å². The highest BCUT2D eigenvalue weighted by molar-refractivity contribution is 7.13. The number of hydroxylamine groups is 1. The first-order valence-corrected chi connectivity index (χ1v) is 4.47. The van der Waals surface area contributed by atoms with Gasteiger partial charge in [-0.05, 0) is 19.1 Å². The molecular formula is C9H9NO2S. The first-order valence-electron chi connectivity index (χ1n) is 3.66. The molecule has 3 nitrogen and oxygen atoms in total. The van der Waals surface area contributed by atoms with Gasteiger partial charge in [0.25, 0.3) is 5.91 Å². The molecule has 0 atom stereocenters. The Morgan fingerprint density at radius 3 is 3.08 bits per heavy atom. The summed E-state index contributed by atoms with van der Waals surface area (Å²) in [5.41, 5.74) is 2.24. The smallest absolute Gasteiger partial charge is 0.266 e. The highest BCUT2D eigenvalue weighted by atomic mass is 32.1. The molecular weight excluding hydrogens is 186 g/mol. The average molecular weight is 195 g/mol. The SMILES string of the molecule is C#CCONC(=O)c1ccc(C)s1. The van der Waals surface area contributed by atoms with Crippen LogP contribution in [0, 0.1) is 19.3 Å². The van der Waals surface area contributed by atoms with Crippen LogP contribution >= 0.6 is 11.3 Å². The van der Waals surface area contributed by atoms with Gasteiger partial charge in [0, 0.05) is 4.88 Å². The molecule has 13 heavy (non-hydrogen) atoms. The minimum Gasteiger partial charge on any atom is -0.266 e. The van der Waals surface area contributed by atoms with Gasteiger partial charge in [-0.25, -0.2) is 5.48 Å². The largest absolute Gasteiger partial charge is 0.284 e. The second-order valence-corrected chi connectivity index (χ2v) is 3.62. The van der Waals surface area contributed by atoms with E-state index in [0.717, 1.165) is 4.88 Å². The summed E-state index contributed by atoms with van der Waals surface area (Å²) < 4.78 is 0. The van der Waals surface area contributed by atoms with Gasteiger partial charge in [0.05, 0.1) is 4.88 Å². The van der Waals surface area contributed by atoms with Gasteiger partial charge in [-0.3, -0.25) is 9.63 Å². The van der Waals surface area contributed by atoms with Crippen molar-refractivity contribution in [3.8, 4) is 12.3 Å². The second-order valence-electron chi connectivity index (χ2n) is 2.33. The van der Waals surface area contributed by atoms with E-state index in [0.29, 0.717) is 4.88 Å². The number of carbonyl (C=O) groups excluding carboxylic acids is 1. The van der Waals surface area contributed by atoms with Gasteiger partial charge in [-0.2, -0.15) is 0 Å². The molecule has 1 aromatic rings. The summed E-state index contributed by atoms with van der Waals surface area (Å²) in [6.07, 6.45) is 4.93. The van der Waals surface area contributed by atoms with Crippen LogP contribution in [-0.4, -0.2) is 12.5 Å². The van der Waals surface area contributed by atoms with Crippen LogP contribution in [0.4, 0.5) is 0 Å². The topological polar surface area (TPSA) is 38.3 Å². The Labute approximate surface area is 80.7 Å². The molecule has 1 rings (SSSR count). The third kappa shape index (κ3) is 2.90. The lowest BCUT2D eigenvalue weighted by Gasteiger charge is -1.99. The van der Waals surface area contributed by atoms with E-state index in [1.54, 1.807) is 6.07 Å². The van der Waals surface area contributed by atoms with E-state index in [-0.39, 0.29) is 12.5 Å². The van der Waals surface area contributed by atoms with Crippen molar-refractivity contribution < 1.29 is 9.63 Å². The Kier molecular flexibility index (Phi) is 3.50. The molecule has 1 aromatic heterocycles. The fourth-order valence-electron chi connectivity index (χ4n) is 0.750. The van der Waals surface area contributed by atoms with Crippen LogP contribution in [0.1, 0.15) is 14.5 Å². The lowest BCUT2D eigenvalue weighted by Crippen LogP contribution is -2.22. The van der Waals surface area contributed by atoms with Crippen LogP contribution in [0.3, 0.4) is 0 Å². The molecule has 4 heteroatoms.